The highest BCUT2D eigenvalue weighted by molar-refractivity contribution is 5.79. The van der Waals surface area contributed by atoms with Gasteiger partial charge in [-0.2, -0.15) is 0 Å². The van der Waals surface area contributed by atoms with Crippen LogP contribution in [0.1, 0.15) is 31.2 Å². The summed E-state index contributed by atoms with van der Waals surface area (Å²) in [6.45, 7) is 3.91. The monoisotopic (exact) mass is 408 g/mol. The molecule has 0 aromatic heterocycles. The number of carbonyl (C=O) groups excluding carboxylic acids is 1. The van der Waals surface area contributed by atoms with Crippen LogP contribution in [0.3, 0.4) is 0 Å². The van der Waals surface area contributed by atoms with E-state index in [1.807, 2.05) is 47.4 Å². The van der Waals surface area contributed by atoms with E-state index in [9.17, 15) is 14.9 Å². The van der Waals surface area contributed by atoms with Gasteiger partial charge in [-0.1, -0.05) is 30.3 Å². The Labute approximate surface area is 176 Å². The predicted octanol–water partition coefficient (Wildman–Crippen LogP) is 4.05. The zero-order valence-corrected chi connectivity index (χ0v) is 17.1. The molecule has 1 N–H and O–H groups in total. The van der Waals surface area contributed by atoms with Crippen LogP contribution in [0.15, 0.2) is 48.5 Å². The third kappa shape index (κ3) is 4.56. The van der Waals surface area contributed by atoms with Crippen molar-refractivity contribution in [1.29, 1.82) is 0 Å². The first-order valence-electron chi connectivity index (χ1n) is 10.7. The molecule has 0 spiro atoms. The van der Waals surface area contributed by atoms with Crippen LogP contribution in [0.4, 0.5) is 17.1 Å². The molecule has 158 valence electrons. The topological polar surface area (TPSA) is 78.7 Å². The number of nitro groups is 1. The summed E-state index contributed by atoms with van der Waals surface area (Å²) in [5, 5.41) is 14.7. The standard InChI is InChI=1S/C23H28N4O3/c28-23(26-12-4-5-13-26)19-10-14-25(15-11-19)20-8-9-22(27(29)30)21(16-20)24-17-18-6-2-1-3-7-18/h1-3,6-9,16,19,24H,4-5,10-15,17H2. The van der Waals surface area contributed by atoms with Crippen molar-refractivity contribution in [3.8, 4) is 0 Å². The van der Waals surface area contributed by atoms with Gasteiger partial charge in [-0.05, 0) is 43.4 Å². The number of hydrogen-bond acceptors (Lipinski definition) is 5. The molecule has 7 heteroatoms. The quantitative estimate of drug-likeness (QED) is 0.576. The number of benzene rings is 2. The van der Waals surface area contributed by atoms with E-state index in [-0.39, 0.29) is 16.5 Å². The van der Waals surface area contributed by atoms with E-state index in [0.717, 1.165) is 63.1 Å². The summed E-state index contributed by atoms with van der Waals surface area (Å²) >= 11 is 0. The van der Waals surface area contributed by atoms with E-state index in [0.29, 0.717) is 18.1 Å². The smallest absolute Gasteiger partial charge is 0.292 e. The van der Waals surface area contributed by atoms with Crippen molar-refractivity contribution < 1.29 is 9.72 Å². The summed E-state index contributed by atoms with van der Waals surface area (Å²) in [6.07, 6.45) is 3.90. The minimum atomic E-state index is -0.349. The van der Waals surface area contributed by atoms with Gasteiger partial charge in [0.25, 0.3) is 5.69 Å². The van der Waals surface area contributed by atoms with E-state index in [1.54, 1.807) is 6.07 Å². The molecule has 2 aliphatic heterocycles. The molecule has 1 amide bonds. The molecular weight excluding hydrogens is 380 g/mol. The van der Waals surface area contributed by atoms with Gasteiger partial charge < -0.3 is 15.1 Å². The molecule has 2 heterocycles. The number of nitro benzene ring substituents is 1. The van der Waals surface area contributed by atoms with Crippen molar-refractivity contribution in [2.75, 3.05) is 36.4 Å². The third-order valence-corrected chi connectivity index (χ3v) is 6.13. The van der Waals surface area contributed by atoms with Crippen LogP contribution < -0.4 is 10.2 Å². The van der Waals surface area contributed by atoms with Gasteiger partial charge in [-0.3, -0.25) is 14.9 Å². The molecule has 2 aliphatic rings. The maximum Gasteiger partial charge on any atom is 0.292 e. The highest BCUT2D eigenvalue weighted by Gasteiger charge is 2.30. The Morgan fingerprint density at radius 2 is 1.73 bits per heavy atom. The van der Waals surface area contributed by atoms with E-state index in [4.69, 9.17) is 0 Å². The van der Waals surface area contributed by atoms with Crippen molar-refractivity contribution in [2.24, 2.45) is 5.92 Å². The number of rotatable bonds is 6. The number of piperidine rings is 1. The molecule has 2 aromatic carbocycles. The average Bonchev–Trinajstić information content (AvgIpc) is 3.33. The molecule has 0 atom stereocenters. The molecule has 2 aromatic rings. The van der Waals surface area contributed by atoms with E-state index < -0.39 is 0 Å². The van der Waals surface area contributed by atoms with Gasteiger partial charge in [0.1, 0.15) is 5.69 Å². The zero-order valence-electron chi connectivity index (χ0n) is 17.1. The van der Waals surface area contributed by atoms with Crippen LogP contribution in [-0.4, -0.2) is 41.9 Å². The fourth-order valence-corrected chi connectivity index (χ4v) is 4.40. The van der Waals surface area contributed by atoms with Crippen LogP contribution in [-0.2, 0) is 11.3 Å². The maximum atomic E-state index is 12.7. The summed E-state index contributed by atoms with van der Waals surface area (Å²) in [5.74, 6) is 0.411. The molecule has 0 bridgehead atoms. The van der Waals surface area contributed by atoms with Crippen LogP contribution in [0.5, 0.6) is 0 Å². The van der Waals surface area contributed by atoms with E-state index >= 15 is 0 Å². The van der Waals surface area contributed by atoms with Gasteiger partial charge in [0.05, 0.1) is 4.92 Å². The van der Waals surface area contributed by atoms with Gasteiger partial charge >= 0.3 is 0 Å². The lowest BCUT2D eigenvalue weighted by Gasteiger charge is -2.34. The fraction of sp³-hybridized carbons (Fsp3) is 0.435. The molecule has 30 heavy (non-hydrogen) atoms. The van der Waals surface area contributed by atoms with Crippen LogP contribution >= 0.6 is 0 Å². The average molecular weight is 409 g/mol. The summed E-state index contributed by atoms with van der Waals surface area (Å²) in [6, 6.07) is 15.1. The molecule has 4 rings (SSSR count). The number of likely N-dealkylation sites (tertiary alicyclic amines) is 1. The Morgan fingerprint density at radius 1 is 1.03 bits per heavy atom. The lowest BCUT2D eigenvalue weighted by molar-refractivity contribution is -0.384. The maximum absolute atomic E-state index is 12.7. The third-order valence-electron chi connectivity index (χ3n) is 6.13. The van der Waals surface area contributed by atoms with E-state index in [2.05, 4.69) is 10.2 Å². The Balaban J connectivity index is 1.42. The largest absolute Gasteiger partial charge is 0.375 e. The van der Waals surface area contributed by atoms with Gasteiger partial charge in [0.2, 0.25) is 5.91 Å². The van der Waals surface area contributed by atoms with Crippen molar-refractivity contribution in [2.45, 2.75) is 32.2 Å². The fourth-order valence-electron chi connectivity index (χ4n) is 4.40. The van der Waals surface area contributed by atoms with Crippen LogP contribution in [0, 0.1) is 16.0 Å². The molecule has 0 saturated carbocycles. The summed E-state index contributed by atoms with van der Waals surface area (Å²) in [5.41, 5.74) is 2.63. The van der Waals surface area contributed by atoms with Gasteiger partial charge in [-0.15, -0.1) is 0 Å². The Kier molecular flexibility index (Phi) is 6.16. The van der Waals surface area contributed by atoms with Crippen molar-refractivity contribution >= 4 is 23.0 Å². The molecule has 0 unspecified atom stereocenters. The van der Waals surface area contributed by atoms with Gasteiger partial charge in [-0.25, -0.2) is 0 Å². The Bertz CT molecular complexity index is 889. The second kappa shape index (κ2) is 9.15. The second-order valence-corrected chi connectivity index (χ2v) is 8.09. The lowest BCUT2D eigenvalue weighted by Crippen LogP contribution is -2.41. The molecular formula is C23H28N4O3. The molecule has 2 fully saturated rings. The Hall–Kier alpha value is -3.09. The number of nitrogens with one attached hydrogen (secondary N) is 1. The summed E-state index contributed by atoms with van der Waals surface area (Å²) in [4.78, 5) is 28.0. The molecule has 0 aliphatic carbocycles. The molecule has 0 radical (unpaired) electrons. The number of carbonyl (C=O) groups is 1. The van der Waals surface area contributed by atoms with Crippen molar-refractivity contribution in [3.63, 3.8) is 0 Å². The highest BCUT2D eigenvalue weighted by atomic mass is 16.6. The number of amides is 1. The van der Waals surface area contributed by atoms with Crippen molar-refractivity contribution in [3.05, 3.63) is 64.2 Å². The van der Waals surface area contributed by atoms with Crippen molar-refractivity contribution in [1.82, 2.24) is 4.90 Å². The first kappa shape index (κ1) is 20.2. The Morgan fingerprint density at radius 3 is 2.40 bits per heavy atom. The van der Waals surface area contributed by atoms with Crippen LogP contribution in [0.2, 0.25) is 0 Å². The minimum Gasteiger partial charge on any atom is -0.375 e. The molecule has 7 nitrogen and oxygen atoms in total. The van der Waals surface area contributed by atoms with Gasteiger partial charge in [0.15, 0.2) is 0 Å². The zero-order chi connectivity index (χ0) is 20.9. The number of hydrogen-bond donors (Lipinski definition) is 1. The van der Waals surface area contributed by atoms with Gasteiger partial charge in [0, 0.05) is 50.4 Å². The summed E-state index contributed by atoms with van der Waals surface area (Å²) < 4.78 is 0. The summed E-state index contributed by atoms with van der Waals surface area (Å²) in [7, 11) is 0. The SMILES string of the molecule is O=C(C1CCN(c2ccc([N+](=O)[O-])c(NCc3ccccc3)c2)CC1)N1CCCC1. The lowest BCUT2D eigenvalue weighted by atomic mass is 9.95. The minimum absolute atomic E-state index is 0.0776. The van der Waals surface area contributed by atoms with E-state index in [1.165, 1.54) is 0 Å². The second-order valence-electron chi connectivity index (χ2n) is 8.09. The normalized spacial score (nSPS) is 17.2. The first-order valence-corrected chi connectivity index (χ1v) is 10.7. The first-order chi connectivity index (χ1) is 14.6. The predicted molar refractivity (Wildman–Crippen MR) is 118 cm³/mol. The van der Waals surface area contributed by atoms with Crippen LogP contribution in [0.25, 0.3) is 0 Å². The molecule has 2 saturated heterocycles. The number of anilines is 2. The highest BCUT2D eigenvalue weighted by Crippen LogP contribution is 2.32. The number of nitrogens with zero attached hydrogens (tertiary/aromatic N) is 3.